The van der Waals surface area contributed by atoms with E-state index in [0.717, 1.165) is 24.3 Å². The second kappa shape index (κ2) is 5.14. The van der Waals surface area contributed by atoms with Crippen molar-refractivity contribution in [1.82, 2.24) is 5.32 Å². The van der Waals surface area contributed by atoms with Gasteiger partial charge >= 0.3 is 5.97 Å². The third kappa shape index (κ3) is 2.37. The lowest BCUT2D eigenvalue weighted by Crippen LogP contribution is -2.48. The van der Waals surface area contributed by atoms with Crippen LogP contribution in [0.4, 0.5) is 0 Å². The predicted molar refractivity (Wildman–Crippen MR) is 74.3 cm³/mol. The Morgan fingerprint density at radius 3 is 2.74 bits per heavy atom. The molecule has 2 saturated heterocycles. The molecule has 1 aromatic carbocycles. The summed E-state index contributed by atoms with van der Waals surface area (Å²) in [5.41, 5.74) is 1.19. The van der Waals surface area contributed by atoms with Gasteiger partial charge in [-0.15, -0.1) is 0 Å². The smallest absolute Gasteiger partial charge is 0.310 e. The first kappa shape index (κ1) is 12.9. The van der Waals surface area contributed by atoms with Crippen LogP contribution in [0.15, 0.2) is 24.3 Å². The fourth-order valence-corrected chi connectivity index (χ4v) is 3.70. The molecule has 0 aliphatic carbocycles. The molecule has 3 nitrogen and oxygen atoms in total. The van der Waals surface area contributed by atoms with Crippen molar-refractivity contribution in [3.8, 4) is 0 Å². The Hall–Kier alpha value is -1.06. The molecule has 0 aromatic heterocycles. The van der Waals surface area contributed by atoms with Crippen molar-refractivity contribution >= 4 is 17.6 Å². The van der Waals surface area contributed by atoms with Crippen LogP contribution in [0.3, 0.4) is 0 Å². The molecule has 4 atom stereocenters. The van der Waals surface area contributed by atoms with E-state index >= 15 is 0 Å². The molecule has 2 aliphatic heterocycles. The zero-order chi connectivity index (χ0) is 13.4. The van der Waals surface area contributed by atoms with Gasteiger partial charge in [-0.25, -0.2) is 0 Å². The highest BCUT2D eigenvalue weighted by Crippen LogP contribution is 2.42. The Balaban J connectivity index is 1.92. The topological polar surface area (TPSA) is 38.3 Å². The second-order valence-electron chi connectivity index (χ2n) is 5.49. The largest absolute Gasteiger partial charge is 0.469 e. The maximum Gasteiger partial charge on any atom is 0.310 e. The van der Waals surface area contributed by atoms with Gasteiger partial charge in [0.25, 0.3) is 0 Å². The summed E-state index contributed by atoms with van der Waals surface area (Å²) in [4.78, 5) is 12.1. The molecule has 19 heavy (non-hydrogen) atoms. The van der Waals surface area contributed by atoms with E-state index in [0.29, 0.717) is 6.04 Å². The average molecular weight is 280 g/mol. The van der Waals surface area contributed by atoms with Gasteiger partial charge in [0.1, 0.15) is 0 Å². The Morgan fingerprint density at radius 1 is 1.32 bits per heavy atom. The van der Waals surface area contributed by atoms with Crippen molar-refractivity contribution < 1.29 is 9.53 Å². The first-order chi connectivity index (χ1) is 9.19. The molecule has 0 spiro atoms. The molecule has 2 bridgehead atoms. The molecule has 1 N–H and O–H groups in total. The number of carbonyl (C=O) groups is 1. The highest BCUT2D eigenvalue weighted by Gasteiger charge is 2.46. The molecular weight excluding hydrogens is 262 g/mol. The minimum atomic E-state index is -0.0993. The van der Waals surface area contributed by atoms with Crippen molar-refractivity contribution in [2.45, 2.75) is 37.3 Å². The Kier molecular flexibility index (Phi) is 3.50. The van der Waals surface area contributed by atoms with Crippen LogP contribution in [0, 0.1) is 5.92 Å². The Bertz CT molecular complexity index is 474. The highest BCUT2D eigenvalue weighted by molar-refractivity contribution is 6.30. The van der Waals surface area contributed by atoms with Crippen LogP contribution in [-0.2, 0) is 9.53 Å². The van der Waals surface area contributed by atoms with Gasteiger partial charge in [-0.05, 0) is 37.0 Å². The number of benzene rings is 1. The van der Waals surface area contributed by atoms with Gasteiger partial charge in [0.05, 0.1) is 13.0 Å². The lowest BCUT2D eigenvalue weighted by atomic mass is 9.77. The quantitative estimate of drug-likeness (QED) is 0.846. The maximum atomic E-state index is 12.1. The van der Waals surface area contributed by atoms with Gasteiger partial charge < -0.3 is 10.1 Å². The number of carbonyl (C=O) groups excluding carboxylic acids is 1. The van der Waals surface area contributed by atoms with Crippen LogP contribution in [0.25, 0.3) is 0 Å². The summed E-state index contributed by atoms with van der Waals surface area (Å²) < 4.78 is 5.01. The lowest BCUT2D eigenvalue weighted by molar-refractivity contribution is -0.148. The van der Waals surface area contributed by atoms with Crippen LogP contribution >= 0.6 is 11.6 Å². The third-order valence-electron chi connectivity index (χ3n) is 4.45. The zero-order valence-corrected chi connectivity index (χ0v) is 11.7. The van der Waals surface area contributed by atoms with E-state index in [9.17, 15) is 4.79 Å². The van der Waals surface area contributed by atoms with E-state index < -0.39 is 0 Å². The zero-order valence-electron chi connectivity index (χ0n) is 10.9. The van der Waals surface area contributed by atoms with Crippen LogP contribution in [0.5, 0.6) is 0 Å². The Morgan fingerprint density at radius 2 is 2.05 bits per heavy atom. The monoisotopic (exact) mass is 279 g/mol. The van der Waals surface area contributed by atoms with Crippen molar-refractivity contribution in [1.29, 1.82) is 0 Å². The van der Waals surface area contributed by atoms with E-state index in [2.05, 4.69) is 5.32 Å². The molecule has 2 heterocycles. The van der Waals surface area contributed by atoms with Crippen molar-refractivity contribution in [3.63, 3.8) is 0 Å². The summed E-state index contributed by atoms with van der Waals surface area (Å²) in [6.07, 6.45) is 3.22. The number of halogens is 1. The van der Waals surface area contributed by atoms with Crippen molar-refractivity contribution in [2.75, 3.05) is 7.11 Å². The van der Waals surface area contributed by atoms with E-state index in [4.69, 9.17) is 16.3 Å². The number of methoxy groups -OCH3 is 1. The molecule has 2 unspecified atom stereocenters. The molecule has 2 aliphatic rings. The molecule has 2 fully saturated rings. The van der Waals surface area contributed by atoms with Gasteiger partial charge in [0.2, 0.25) is 0 Å². The van der Waals surface area contributed by atoms with Gasteiger partial charge in [-0.1, -0.05) is 23.7 Å². The third-order valence-corrected chi connectivity index (χ3v) is 4.70. The maximum absolute atomic E-state index is 12.1. The minimum absolute atomic E-state index is 0.0788. The molecule has 0 saturated carbocycles. The number of hydrogen-bond acceptors (Lipinski definition) is 3. The minimum Gasteiger partial charge on any atom is -0.469 e. The first-order valence-corrected chi connectivity index (χ1v) is 7.16. The SMILES string of the molecule is COC(=O)[C@@H]1C2CCC(C[C@H]1c1ccc(Cl)cc1)N2. The van der Waals surface area contributed by atoms with E-state index in [-0.39, 0.29) is 23.8 Å². The van der Waals surface area contributed by atoms with E-state index in [1.165, 1.54) is 12.7 Å². The molecule has 1 aromatic rings. The van der Waals surface area contributed by atoms with E-state index in [1.54, 1.807) is 0 Å². The van der Waals surface area contributed by atoms with Crippen LogP contribution < -0.4 is 5.32 Å². The molecular formula is C15H18ClNO2. The number of rotatable bonds is 2. The number of piperidine rings is 1. The van der Waals surface area contributed by atoms with Crippen molar-refractivity contribution in [3.05, 3.63) is 34.9 Å². The number of esters is 1. The predicted octanol–water partition coefficient (Wildman–Crippen LogP) is 2.74. The summed E-state index contributed by atoms with van der Waals surface area (Å²) in [6.45, 7) is 0. The first-order valence-electron chi connectivity index (χ1n) is 6.78. The van der Waals surface area contributed by atoms with Gasteiger partial charge in [0, 0.05) is 23.0 Å². The average Bonchev–Trinajstić information content (AvgIpc) is 2.80. The number of ether oxygens (including phenoxy) is 1. The summed E-state index contributed by atoms with van der Waals surface area (Å²) in [6, 6.07) is 8.66. The van der Waals surface area contributed by atoms with Crippen molar-refractivity contribution in [2.24, 2.45) is 5.92 Å². The lowest BCUT2D eigenvalue weighted by Gasteiger charge is -2.36. The highest BCUT2D eigenvalue weighted by atomic mass is 35.5. The molecule has 0 amide bonds. The van der Waals surface area contributed by atoms with Gasteiger partial charge in [-0.3, -0.25) is 4.79 Å². The number of fused-ring (bicyclic) bond motifs is 2. The fraction of sp³-hybridized carbons (Fsp3) is 0.533. The fourth-order valence-electron chi connectivity index (χ4n) is 3.57. The summed E-state index contributed by atoms with van der Waals surface area (Å²) in [5.74, 6) is 0.0613. The standard InChI is InChI=1S/C15H18ClNO2/c1-19-15(18)14-12(8-11-6-7-13(14)17-11)9-2-4-10(16)5-3-9/h2-5,11-14,17H,6-8H2,1H3/t11?,12-,13?,14-/m0/s1. The number of nitrogens with one attached hydrogen (secondary N) is 1. The Labute approximate surface area is 118 Å². The van der Waals surface area contributed by atoms with Gasteiger partial charge in [0.15, 0.2) is 0 Å². The summed E-state index contributed by atoms with van der Waals surface area (Å²) in [7, 11) is 1.47. The normalized spacial score (nSPS) is 33.2. The van der Waals surface area contributed by atoms with Gasteiger partial charge in [-0.2, -0.15) is 0 Å². The van der Waals surface area contributed by atoms with Crippen LogP contribution in [0.2, 0.25) is 5.02 Å². The molecule has 3 rings (SSSR count). The van der Waals surface area contributed by atoms with E-state index in [1.807, 2.05) is 24.3 Å². The summed E-state index contributed by atoms with van der Waals surface area (Å²) in [5, 5.41) is 4.27. The van der Waals surface area contributed by atoms with Crippen LogP contribution in [0.1, 0.15) is 30.7 Å². The molecule has 4 heteroatoms. The number of hydrogen-bond donors (Lipinski definition) is 1. The summed E-state index contributed by atoms with van der Waals surface area (Å²) >= 11 is 5.94. The second-order valence-corrected chi connectivity index (χ2v) is 5.93. The molecule has 102 valence electrons. The molecule has 0 radical (unpaired) electrons. The van der Waals surface area contributed by atoms with Crippen LogP contribution in [-0.4, -0.2) is 25.2 Å².